The number of nitrogens with zero attached hydrogens (tertiary/aromatic N) is 1. The molecule has 2 aromatic carbocycles. The van der Waals surface area contributed by atoms with Crippen molar-refractivity contribution in [3.05, 3.63) is 53.1 Å². The number of ether oxygens (including phenoxy) is 1. The highest BCUT2D eigenvalue weighted by Crippen LogP contribution is 2.33. The molecule has 2 amide bonds. The van der Waals surface area contributed by atoms with Crippen LogP contribution in [0.1, 0.15) is 12.0 Å². The van der Waals surface area contributed by atoms with E-state index in [0.717, 1.165) is 5.56 Å². The van der Waals surface area contributed by atoms with Crippen molar-refractivity contribution in [2.45, 2.75) is 13.3 Å². The summed E-state index contributed by atoms with van der Waals surface area (Å²) in [5.74, 6) is -0.0815. The zero-order valence-corrected chi connectivity index (χ0v) is 14.8. The van der Waals surface area contributed by atoms with E-state index >= 15 is 0 Å². The van der Waals surface area contributed by atoms with E-state index in [0.29, 0.717) is 28.7 Å². The van der Waals surface area contributed by atoms with Gasteiger partial charge in [0.15, 0.2) is 0 Å². The normalized spacial score (nSPS) is 16.8. The first-order valence-corrected chi connectivity index (χ1v) is 8.38. The Morgan fingerprint density at radius 3 is 2.80 bits per heavy atom. The maximum absolute atomic E-state index is 12.6. The number of halogens is 1. The molecule has 0 aromatic heterocycles. The maximum atomic E-state index is 12.6. The second kappa shape index (κ2) is 7.15. The van der Waals surface area contributed by atoms with E-state index in [4.69, 9.17) is 16.3 Å². The van der Waals surface area contributed by atoms with Crippen LogP contribution in [0.4, 0.5) is 11.4 Å². The summed E-state index contributed by atoms with van der Waals surface area (Å²) in [4.78, 5) is 26.6. The van der Waals surface area contributed by atoms with Gasteiger partial charge in [0, 0.05) is 23.7 Å². The zero-order valence-electron chi connectivity index (χ0n) is 14.1. The van der Waals surface area contributed by atoms with Crippen LogP contribution < -0.4 is 15.0 Å². The van der Waals surface area contributed by atoms with Crippen molar-refractivity contribution in [1.82, 2.24) is 0 Å². The smallest absolute Gasteiger partial charge is 0.229 e. The lowest BCUT2D eigenvalue weighted by atomic mass is 10.1. The third kappa shape index (κ3) is 3.61. The minimum absolute atomic E-state index is 0.0903. The summed E-state index contributed by atoms with van der Waals surface area (Å²) in [6.07, 6.45) is 0.170. The van der Waals surface area contributed by atoms with Crippen molar-refractivity contribution in [3.8, 4) is 5.75 Å². The van der Waals surface area contributed by atoms with Gasteiger partial charge in [-0.25, -0.2) is 0 Å². The number of carbonyl (C=O) groups excluding carboxylic acids is 2. The predicted molar refractivity (Wildman–Crippen MR) is 98.3 cm³/mol. The second-order valence-corrected chi connectivity index (χ2v) is 6.46. The number of nitrogens with one attached hydrogen (secondary N) is 1. The average Bonchev–Trinajstić information content (AvgIpc) is 3.00. The monoisotopic (exact) mass is 358 g/mol. The van der Waals surface area contributed by atoms with Gasteiger partial charge in [0.2, 0.25) is 11.8 Å². The van der Waals surface area contributed by atoms with Crippen molar-refractivity contribution >= 4 is 34.8 Å². The minimum atomic E-state index is -0.421. The lowest BCUT2D eigenvalue weighted by Crippen LogP contribution is -2.28. The molecule has 0 spiro atoms. The van der Waals surface area contributed by atoms with Gasteiger partial charge in [0.05, 0.1) is 18.7 Å². The number of benzene rings is 2. The fraction of sp³-hybridized carbons (Fsp3) is 0.263. The van der Waals surface area contributed by atoms with E-state index < -0.39 is 5.92 Å². The predicted octanol–water partition coefficient (Wildman–Crippen LogP) is 3.65. The molecule has 0 bridgehead atoms. The summed E-state index contributed by atoms with van der Waals surface area (Å²) in [6, 6.07) is 12.6. The molecule has 1 atom stereocenters. The van der Waals surface area contributed by atoms with Gasteiger partial charge in [-0.1, -0.05) is 29.8 Å². The minimum Gasteiger partial charge on any atom is -0.495 e. The molecule has 1 N–H and O–H groups in total. The van der Waals surface area contributed by atoms with E-state index in [1.165, 1.54) is 0 Å². The standard InChI is InChI=1S/C19H19ClN2O3/c1-12-7-8-14(20)10-15(12)21-19(24)13-9-18(23)22(11-13)16-5-3-4-6-17(16)25-2/h3-8,10,13H,9,11H2,1-2H3,(H,21,24)/t13-/m1/s1. The Kier molecular flexibility index (Phi) is 4.95. The molecule has 1 saturated heterocycles. The van der Waals surface area contributed by atoms with Gasteiger partial charge < -0.3 is 15.0 Å². The van der Waals surface area contributed by atoms with Crippen molar-refractivity contribution in [3.63, 3.8) is 0 Å². The number of rotatable bonds is 4. The SMILES string of the molecule is COc1ccccc1N1C[C@H](C(=O)Nc2cc(Cl)ccc2C)CC1=O. The Balaban J connectivity index is 1.76. The molecule has 0 aliphatic carbocycles. The van der Waals surface area contributed by atoms with Crippen molar-refractivity contribution in [2.75, 3.05) is 23.9 Å². The molecule has 25 heavy (non-hydrogen) atoms. The van der Waals surface area contributed by atoms with Crippen LogP contribution in [0.25, 0.3) is 0 Å². The number of anilines is 2. The maximum Gasteiger partial charge on any atom is 0.229 e. The fourth-order valence-electron chi connectivity index (χ4n) is 2.93. The Hall–Kier alpha value is -2.53. The Labute approximate surface area is 151 Å². The van der Waals surface area contributed by atoms with Gasteiger partial charge in [-0.3, -0.25) is 9.59 Å². The fourth-order valence-corrected chi connectivity index (χ4v) is 3.10. The Bertz CT molecular complexity index is 822. The molecule has 2 aromatic rings. The number of carbonyl (C=O) groups is 2. The molecule has 1 heterocycles. The number of methoxy groups -OCH3 is 1. The largest absolute Gasteiger partial charge is 0.495 e. The highest BCUT2D eigenvalue weighted by molar-refractivity contribution is 6.31. The molecule has 1 aliphatic rings. The Morgan fingerprint density at radius 2 is 2.04 bits per heavy atom. The van der Waals surface area contributed by atoms with Crippen LogP contribution in [0.3, 0.4) is 0 Å². The van der Waals surface area contributed by atoms with E-state index in [9.17, 15) is 9.59 Å². The summed E-state index contributed by atoms with van der Waals surface area (Å²) in [7, 11) is 1.56. The summed E-state index contributed by atoms with van der Waals surface area (Å²) in [5, 5.41) is 3.44. The molecule has 6 heteroatoms. The highest BCUT2D eigenvalue weighted by atomic mass is 35.5. The first kappa shape index (κ1) is 17.3. The molecule has 3 rings (SSSR count). The first-order valence-electron chi connectivity index (χ1n) is 8.00. The van der Waals surface area contributed by atoms with Crippen molar-refractivity contribution in [2.24, 2.45) is 5.92 Å². The van der Waals surface area contributed by atoms with E-state index in [-0.39, 0.29) is 18.2 Å². The van der Waals surface area contributed by atoms with E-state index in [1.807, 2.05) is 31.2 Å². The summed E-state index contributed by atoms with van der Waals surface area (Å²) < 4.78 is 5.32. The topological polar surface area (TPSA) is 58.6 Å². The van der Waals surface area contributed by atoms with Crippen LogP contribution in [0.2, 0.25) is 5.02 Å². The number of hydrogen-bond acceptors (Lipinski definition) is 3. The van der Waals surface area contributed by atoms with E-state index in [2.05, 4.69) is 5.32 Å². The molecular formula is C19H19ClN2O3. The van der Waals surface area contributed by atoms with Crippen LogP contribution >= 0.6 is 11.6 Å². The van der Waals surface area contributed by atoms with Crippen molar-refractivity contribution < 1.29 is 14.3 Å². The van der Waals surface area contributed by atoms with Gasteiger partial charge >= 0.3 is 0 Å². The third-order valence-electron chi connectivity index (χ3n) is 4.33. The van der Waals surface area contributed by atoms with Crippen LogP contribution in [-0.4, -0.2) is 25.5 Å². The summed E-state index contributed by atoms with van der Waals surface area (Å²) in [5.41, 5.74) is 2.27. The summed E-state index contributed by atoms with van der Waals surface area (Å²) in [6.45, 7) is 2.22. The number of hydrogen-bond donors (Lipinski definition) is 1. The van der Waals surface area contributed by atoms with Gasteiger partial charge in [0.25, 0.3) is 0 Å². The number of para-hydroxylation sites is 2. The molecule has 130 valence electrons. The third-order valence-corrected chi connectivity index (χ3v) is 4.56. The number of aryl methyl sites for hydroxylation is 1. The first-order chi connectivity index (χ1) is 12.0. The van der Waals surface area contributed by atoms with Gasteiger partial charge in [-0.05, 0) is 36.8 Å². The molecular weight excluding hydrogens is 340 g/mol. The van der Waals surface area contributed by atoms with E-state index in [1.54, 1.807) is 30.2 Å². The highest BCUT2D eigenvalue weighted by Gasteiger charge is 2.36. The lowest BCUT2D eigenvalue weighted by Gasteiger charge is -2.19. The molecule has 0 saturated carbocycles. The lowest BCUT2D eigenvalue weighted by molar-refractivity contribution is -0.122. The molecule has 5 nitrogen and oxygen atoms in total. The molecule has 1 fully saturated rings. The molecule has 0 radical (unpaired) electrons. The van der Waals surface area contributed by atoms with Crippen LogP contribution in [-0.2, 0) is 9.59 Å². The zero-order chi connectivity index (χ0) is 18.0. The molecule has 1 aliphatic heterocycles. The van der Waals surface area contributed by atoms with Gasteiger partial charge in [-0.2, -0.15) is 0 Å². The van der Waals surface area contributed by atoms with Gasteiger partial charge in [-0.15, -0.1) is 0 Å². The Morgan fingerprint density at radius 1 is 1.28 bits per heavy atom. The van der Waals surface area contributed by atoms with Gasteiger partial charge in [0.1, 0.15) is 5.75 Å². The van der Waals surface area contributed by atoms with Crippen LogP contribution in [0.5, 0.6) is 5.75 Å². The second-order valence-electron chi connectivity index (χ2n) is 6.03. The van der Waals surface area contributed by atoms with Crippen LogP contribution in [0.15, 0.2) is 42.5 Å². The summed E-state index contributed by atoms with van der Waals surface area (Å²) >= 11 is 5.99. The van der Waals surface area contributed by atoms with Crippen molar-refractivity contribution in [1.29, 1.82) is 0 Å². The number of amides is 2. The average molecular weight is 359 g/mol. The quantitative estimate of drug-likeness (QED) is 0.907. The molecule has 0 unspecified atom stereocenters. The van der Waals surface area contributed by atoms with Crippen LogP contribution in [0, 0.1) is 12.8 Å².